The molecule has 0 aromatic carbocycles. The third-order valence-electron chi connectivity index (χ3n) is 4.41. The van der Waals surface area contributed by atoms with Gasteiger partial charge in [0, 0.05) is 32.7 Å². The van der Waals surface area contributed by atoms with E-state index < -0.39 is 11.7 Å². The van der Waals surface area contributed by atoms with Crippen LogP contribution in [0.3, 0.4) is 0 Å². The summed E-state index contributed by atoms with van der Waals surface area (Å²) in [4.78, 5) is 30.2. The summed E-state index contributed by atoms with van der Waals surface area (Å²) in [6.45, 7) is 9.68. The number of methoxy groups -OCH3 is 1. The van der Waals surface area contributed by atoms with Crippen LogP contribution in [0.15, 0.2) is 4.99 Å². The average molecular weight is 385 g/mol. The lowest BCUT2D eigenvalue weighted by molar-refractivity contribution is -0.146. The van der Waals surface area contributed by atoms with Gasteiger partial charge in [0.15, 0.2) is 5.96 Å². The van der Waals surface area contributed by atoms with Crippen LogP contribution in [0.4, 0.5) is 4.79 Å². The molecule has 0 aromatic rings. The second-order valence-corrected chi connectivity index (χ2v) is 7.84. The van der Waals surface area contributed by atoms with Gasteiger partial charge in [-0.25, -0.2) is 4.79 Å². The molecule has 1 saturated heterocycles. The van der Waals surface area contributed by atoms with E-state index in [-0.39, 0.29) is 17.9 Å². The largest absolute Gasteiger partial charge is 0.469 e. The molecular formula is C19H36N4O4. The van der Waals surface area contributed by atoms with Crippen LogP contribution in [0.1, 0.15) is 53.4 Å². The Morgan fingerprint density at radius 3 is 2.37 bits per heavy atom. The molecule has 1 aliphatic rings. The summed E-state index contributed by atoms with van der Waals surface area (Å²) >= 11 is 0. The van der Waals surface area contributed by atoms with Gasteiger partial charge in [0.1, 0.15) is 5.60 Å². The topological polar surface area (TPSA) is 92.3 Å². The highest BCUT2D eigenvalue weighted by molar-refractivity contribution is 5.80. The predicted octanol–water partition coefficient (Wildman–Crippen LogP) is 2.14. The van der Waals surface area contributed by atoms with E-state index in [1.807, 2.05) is 20.8 Å². The van der Waals surface area contributed by atoms with Gasteiger partial charge in [-0.15, -0.1) is 0 Å². The van der Waals surface area contributed by atoms with Crippen molar-refractivity contribution in [1.82, 2.24) is 15.5 Å². The maximum Gasteiger partial charge on any atom is 0.407 e. The smallest absolute Gasteiger partial charge is 0.407 e. The summed E-state index contributed by atoms with van der Waals surface area (Å²) in [7, 11) is 3.17. The molecule has 8 heteroatoms. The van der Waals surface area contributed by atoms with Gasteiger partial charge in [0.05, 0.1) is 13.0 Å². The van der Waals surface area contributed by atoms with Gasteiger partial charge in [-0.2, -0.15) is 0 Å². The number of esters is 1. The Hall–Kier alpha value is -1.99. The number of aliphatic imine (C=N–C) groups is 1. The van der Waals surface area contributed by atoms with Crippen molar-refractivity contribution >= 4 is 18.0 Å². The fourth-order valence-electron chi connectivity index (χ4n) is 3.09. The standard InChI is InChI=1S/C19H36N4O4/c1-7-8-15(22-18(25)27-19(2,3)4)13-21-17(20-5)23-11-9-14(10-12-23)16(24)26-6/h14-15H,7-13H2,1-6H3,(H,20,21)(H,22,25). The van der Waals surface area contributed by atoms with Crippen molar-refractivity contribution in [3.8, 4) is 0 Å². The number of likely N-dealkylation sites (tertiary alicyclic amines) is 1. The normalized spacial score (nSPS) is 17.3. The lowest BCUT2D eigenvalue weighted by Crippen LogP contribution is -2.51. The molecule has 0 saturated carbocycles. The number of rotatable bonds is 6. The van der Waals surface area contributed by atoms with Crippen molar-refractivity contribution in [1.29, 1.82) is 0 Å². The highest BCUT2D eigenvalue weighted by Crippen LogP contribution is 2.18. The van der Waals surface area contributed by atoms with Gasteiger partial charge >= 0.3 is 12.1 Å². The monoisotopic (exact) mass is 384 g/mol. The number of nitrogens with zero attached hydrogens (tertiary/aromatic N) is 2. The minimum atomic E-state index is -0.520. The summed E-state index contributed by atoms with van der Waals surface area (Å²) in [6, 6.07) is -0.0470. The van der Waals surface area contributed by atoms with Crippen molar-refractivity contribution in [2.45, 2.75) is 65.0 Å². The van der Waals surface area contributed by atoms with Crippen LogP contribution in [-0.2, 0) is 14.3 Å². The summed E-state index contributed by atoms with van der Waals surface area (Å²) in [5.74, 6) is 0.610. The zero-order valence-corrected chi connectivity index (χ0v) is 17.6. The summed E-state index contributed by atoms with van der Waals surface area (Å²) in [5.41, 5.74) is -0.520. The summed E-state index contributed by atoms with van der Waals surface area (Å²) in [5, 5.41) is 6.27. The molecule has 0 spiro atoms. The molecule has 1 atom stereocenters. The van der Waals surface area contributed by atoms with Crippen molar-refractivity contribution in [2.75, 3.05) is 33.8 Å². The van der Waals surface area contributed by atoms with E-state index in [0.717, 1.165) is 44.7 Å². The highest BCUT2D eigenvalue weighted by atomic mass is 16.6. The lowest BCUT2D eigenvalue weighted by atomic mass is 9.97. The van der Waals surface area contributed by atoms with E-state index in [1.165, 1.54) is 7.11 Å². The second-order valence-electron chi connectivity index (χ2n) is 7.84. The number of hydrogen-bond donors (Lipinski definition) is 2. The SMILES string of the molecule is CCCC(CNC(=NC)N1CCC(C(=O)OC)CC1)NC(=O)OC(C)(C)C. The zero-order chi connectivity index (χ0) is 20.4. The molecule has 27 heavy (non-hydrogen) atoms. The van der Waals surface area contributed by atoms with Crippen molar-refractivity contribution < 1.29 is 19.1 Å². The Labute approximate surface area is 163 Å². The van der Waals surface area contributed by atoms with Crippen LogP contribution in [0.5, 0.6) is 0 Å². The van der Waals surface area contributed by atoms with Gasteiger partial charge in [0.2, 0.25) is 0 Å². The fraction of sp³-hybridized carbons (Fsp3) is 0.842. The number of piperidine rings is 1. The average Bonchev–Trinajstić information content (AvgIpc) is 2.60. The van der Waals surface area contributed by atoms with E-state index >= 15 is 0 Å². The van der Waals surface area contributed by atoms with Gasteiger partial charge < -0.3 is 25.0 Å². The molecule has 1 rings (SSSR count). The first-order valence-corrected chi connectivity index (χ1v) is 9.73. The van der Waals surface area contributed by atoms with Crippen molar-refractivity contribution in [2.24, 2.45) is 10.9 Å². The van der Waals surface area contributed by atoms with Crippen LogP contribution in [0.25, 0.3) is 0 Å². The van der Waals surface area contributed by atoms with Crippen LogP contribution in [-0.4, -0.2) is 68.4 Å². The lowest BCUT2D eigenvalue weighted by Gasteiger charge is -2.33. The number of ether oxygens (including phenoxy) is 2. The molecular weight excluding hydrogens is 348 g/mol. The predicted molar refractivity (Wildman–Crippen MR) is 106 cm³/mol. The zero-order valence-electron chi connectivity index (χ0n) is 17.6. The van der Waals surface area contributed by atoms with Crippen LogP contribution >= 0.6 is 0 Å². The third kappa shape index (κ3) is 8.49. The first-order chi connectivity index (χ1) is 12.7. The first kappa shape index (κ1) is 23.0. The molecule has 1 unspecified atom stereocenters. The number of hydrogen-bond acceptors (Lipinski definition) is 5. The Kier molecular flexibility index (Phi) is 9.38. The van der Waals surface area contributed by atoms with E-state index in [4.69, 9.17) is 9.47 Å². The summed E-state index contributed by atoms with van der Waals surface area (Å²) in [6.07, 6.45) is 2.89. The van der Waals surface area contributed by atoms with Gasteiger partial charge in [0.25, 0.3) is 0 Å². The number of carbonyl (C=O) groups is 2. The molecule has 0 aromatic heterocycles. The fourth-order valence-corrected chi connectivity index (χ4v) is 3.09. The van der Waals surface area contributed by atoms with E-state index in [0.29, 0.717) is 6.54 Å². The van der Waals surface area contributed by atoms with Crippen molar-refractivity contribution in [3.63, 3.8) is 0 Å². The molecule has 156 valence electrons. The molecule has 1 heterocycles. The third-order valence-corrected chi connectivity index (χ3v) is 4.41. The van der Waals surface area contributed by atoms with Crippen LogP contribution in [0.2, 0.25) is 0 Å². The van der Waals surface area contributed by atoms with E-state index in [2.05, 4.69) is 27.4 Å². The molecule has 1 amide bonds. The molecule has 0 aliphatic carbocycles. The maximum absolute atomic E-state index is 12.0. The molecule has 0 radical (unpaired) electrons. The van der Waals surface area contributed by atoms with Crippen LogP contribution < -0.4 is 10.6 Å². The minimum Gasteiger partial charge on any atom is -0.469 e. The Morgan fingerprint density at radius 2 is 1.89 bits per heavy atom. The second kappa shape index (κ2) is 11.0. The van der Waals surface area contributed by atoms with Crippen LogP contribution in [0, 0.1) is 5.92 Å². The molecule has 1 fully saturated rings. The molecule has 8 nitrogen and oxygen atoms in total. The number of carbonyl (C=O) groups excluding carboxylic acids is 2. The molecule has 2 N–H and O–H groups in total. The summed E-state index contributed by atoms with van der Waals surface area (Å²) < 4.78 is 10.2. The van der Waals surface area contributed by atoms with Gasteiger partial charge in [-0.05, 0) is 40.0 Å². The number of guanidine groups is 1. The van der Waals surface area contributed by atoms with Gasteiger partial charge in [-0.1, -0.05) is 13.3 Å². The molecule has 1 aliphatic heterocycles. The Balaban J connectivity index is 2.53. The first-order valence-electron chi connectivity index (χ1n) is 9.73. The Morgan fingerprint density at radius 1 is 1.26 bits per heavy atom. The number of amides is 1. The minimum absolute atomic E-state index is 0.0361. The van der Waals surface area contributed by atoms with Crippen molar-refractivity contribution in [3.05, 3.63) is 0 Å². The Bertz CT molecular complexity index is 508. The number of alkyl carbamates (subject to hydrolysis) is 1. The van der Waals surface area contributed by atoms with E-state index in [9.17, 15) is 9.59 Å². The molecule has 0 bridgehead atoms. The van der Waals surface area contributed by atoms with Gasteiger partial charge in [-0.3, -0.25) is 9.79 Å². The number of nitrogens with one attached hydrogen (secondary N) is 2. The van der Waals surface area contributed by atoms with E-state index in [1.54, 1.807) is 7.05 Å². The highest BCUT2D eigenvalue weighted by Gasteiger charge is 2.27. The quantitative estimate of drug-likeness (QED) is 0.414. The maximum atomic E-state index is 12.0.